The van der Waals surface area contributed by atoms with Crippen molar-refractivity contribution in [1.82, 2.24) is 5.32 Å². The molecule has 2 N–H and O–H groups in total. The Morgan fingerprint density at radius 3 is 2.35 bits per heavy atom. The van der Waals surface area contributed by atoms with Gasteiger partial charge in [0.1, 0.15) is 5.75 Å². The molecule has 0 aromatic heterocycles. The molecular weight excluding hydrogens is 328 g/mol. The topological polar surface area (TPSA) is 67.4 Å². The average Bonchev–Trinajstić information content (AvgIpc) is 2.60. The van der Waals surface area contributed by atoms with E-state index >= 15 is 0 Å². The molecule has 0 fully saturated rings. The van der Waals surface area contributed by atoms with E-state index in [4.69, 9.17) is 4.74 Å². The highest BCUT2D eigenvalue weighted by atomic mass is 16.5. The summed E-state index contributed by atoms with van der Waals surface area (Å²) in [6, 6.07) is 15.6. The van der Waals surface area contributed by atoms with Gasteiger partial charge in [-0.05, 0) is 23.8 Å². The lowest BCUT2D eigenvalue weighted by Gasteiger charge is -2.17. The molecule has 0 aliphatic heterocycles. The predicted molar refractivity (Wildman–Crippen MR) is 103 cm³/mol. The molecule has 5 heteroatoms. The lowest BCUT2D eigenvalue weighted by molar-refractivity contribution is -0.130. The number of hydrogen-bond acceptors (Lipinski definition) is 3. The molecule has 2 aromatic carbocycles. The van der Waals surface area contributed by atoms with E-state index in [-0.39, 0.29) is 18.4 Å². The Bertz CT molecular complexity index is 765. The van der Waals surface area contributed by atoms with Crippen LogP contribution in [0.25, 0.3) is 0 Å². The van der Waals surface area contributed by atoms with Crippen LogP contribution in [0.1, 0.15) is 31.9 Å². The summed E-state index contributed by atoms with van der Waals surface area (Å²) in [6.07, 6.45) is 0.703. The highest BCUT2D eigenvalue weighted by Crippen LogP contribution is 2.25. The predicted octanol–water partition coefficient (Wildman–Crippen LogP) is 3.39. The second-order valence-corrected chi connectivity index (χ2v) is 7.17. The number of anilines is 1. The van der Waals surface area contributed by atoms with Crippen LogP contribution >= 0.6 is 0 Å². The van der Waals surface area contributed by atoms with Gasteiger partial charge in [-0.2, -0.15) is 0 Å². The third-order valence-electron chi connectivity index (χ3n) is 3.89. The van der Waals surface area contributed by atoms with Gasteiger partial charge in [0.2, 0.25) is 11.8 Å². The van der Waals surface area contributed by atoms with Gasteiger partial charge in [0, 0.05) is 23.1 Å². The van der Waals surface area contributed by atoms with Gasteiger partial charge in [-0.3, -0.25) is 9.59 Å². The molecule has 0 saturated carbocycles. The second kappa shape index (κ2) is 8.52. The van der Waals surface area contributed by atoms with E-state index in [1.165, 1.54) is 0 Å². The Morgan fingerprint density at radius 2 is 1.73 bits per heavy atom. The number of hydrogen-bond donors (Lipinski definition) is 2. The third-order valence-corrected chi connectivity index (χ3v) is 3.89. The van der Waals surface area contributed by atoms with Gasteiger partial charge < -0.3 is 15.4 Å². The van der Waals surface area contributed by atoms with Crippen LogP contribution in [0, 0.1) is 5.41 Å². The van der Waals surface area contributed by atoms with Crippen molar-refractivity contribution >= 4 is 17.5 Å². The van der Waals surface area contributed by atoms with E-state index in [1.807, 2.05) is 42.5 Å². The summed E-state index contributed by atoms with van der Waals surface area (Å²) in [5.41, 5.74) is 2.29. The Labute approximate surface area is 154 Å². The van der Waals surface area contributed by atoms with Crippen molar-refractivity contribution in [3.05, 3.63) is 59.7 Å². The molecule has 2 aromatic rings. The fourth-order valence-electron chi connectivity index (χ4n) is 2.44. The van der Waals surface area contributed by atoms with Crippen LogP contribution in [0.3, 0.4) is 0 Å². The third kappa shape index (κ3) is 5.62. The number of benzene rings is 2. The van der Waals surface area contributed by atoms with Gasteiger partial charge in [0.25, 0.3) is 0 Å². The standard InChI is InChI=1S/C21H26N2O3/c1-21(2,3)20(25)22-14-19(24)23-17-10-11-18(26-4)16(13-17)12-15-8-6-5-7-9-15/h5-11,13H,12,14H2,1-4H3,(H,22,25)(H,23,24). The van der Waals surface area contributed by atoms with Crippen LogP contribution in [0.4, 0.5) is 5.69 Å². The number of amides is 2. The van der Waals surface area contributed by atoms with Gasteiger partial charge in [0.15, 0.2) is 0 Å². The summed E-state index contributed by atoms with van der Waals surface area (Å²) >= 11 is 0. The maximum atomic E-state index is 12.1. The van der Waals surface area contributed by atoms with Crippen molar-refractivity contribution in [2.75, 3.05) is 19.0 Å². The quantitative estimate of drug-likeness (QED) is 0.836. The molecule has 0 spiro atoms. The van der Waals surface area contributed by atoms with Gasteiger partial charge in [0.05, 0.1) is 13.7 Å². The van der Waals surface area contributed by atoms with Crippen molar-refractivity contribution < 1.29 is 14.3 Å². The molecule has 2 rings (SSSR count). The Hall–Kier alpha value is -2.82. The highest BCUT2D eigenvalue weighted by Gasteiger charge is 2.21. The summed E-state index contributed by atoms with van der Waals surface area (Å²) in [5.74, 6) is 0.346. The van der Waals surface area contributed by atoms with Crippen LogP contribution in [-0.2, 0) is 16.0 Å². The molecule has 26 heavy (non-hydrogen) atoms. The molecule has 0 heterocycles. The number of methoxy groups -OCH3 is 1. The lowest BCUT2D eigenvalue weighted by atomic mass is 9.96. The molecule has 138 valence electrons. The number of nitrogens with one attached hydrogen (secondary N) is 2. The number of ether oxygens (including phenoxy) is 1. The van der Waals surface area contributed by atoms with Gasteiger partial charge in [-0.25, -0.2) is 0 Å². The average molecular weight is 354 g/mol. The maximum absolute atomic E-state index is 12.1. The molecule has 0 atom stereocenters. The first-order chi connectivity index (χ1) is 12.3. The first-order valence-corrected chi connectivity index (χ1v) is 8.58. The maximum Gasteiger partial charge on any atom is 0.243 e. The largest absolute Gasteiger partial charge is 0.496 e. The van der Waals surface area contributed by atoms with Crippen molar-refractivity contribution in [3.63, 3.8) is 0 Å². The first kappa shape index (κ1) is 19.5. The summed E-state index contributed by atoms with van der Waals surface area (Å²) < 4.78 is 5.42. The molecule has 0 bridgehead atoms. The lowest BCUT2D eigenvalue weighted by Crippen LogP contribution is -2.39. The van der Waals surface area contributed by atoms with Crippen LogP contribution in [-0.4, -0.2) is 25.5 Å². The zero-order valence-electron chi connectivity index (χ0n) is 15.8. The van der Waals surface area contributed by atoms with Crippen LogP contribution in [0.2, 0.25) is 0 Å². The monoisotopic (exact) mass is 354 g/mol. The highest BCUT2D eigenvalue weighted by molar-refractivity contribution is 5.95. The van der Waals surface area contributed by atoms with E-state index in [0.29, 0.717) is 12.1 Å². The summed E-state index contributed by atoms with van der Waals surface area (Å²) in [5, 5.41) is 5.46. The molecule has 0 radical (unpaired) electrons. The minimum absolute atomic E-state index is 0.0594. The van der Waals surface area contributed by atoms with Crippen LogP contribution in [0.5, 0.6) is 5.75 Å². The minimum Gasteiger partial charge on any atom is -0.496 e. The normalized spacial score (nSPS) is 10.9. The molecule has 2 amide bonds. The zero-order valence-corrected chi connectivity index (χ0v) is 15.8. The molecule has 5 nitrogen and oxygen atoms in total. The molecule has 0 aliphatic carbocycles. The van der Waals surface area contributed by atoms with E-state index in [0.717, 1.165) is 16.9 Å². The number of rotatable bonds is 6. The fourth-order valence-corrected chi connectivity index (χ4v) is 2.44. The minimum atomic E-state index is -0.525. The molecule has 0 unspecified atom stereocenters. The Balaban J connectivity index is 2.04. The number of carbonyl (C=O) groups excluding carboxylic acids is 2. The van der Waals surface area contributed by atoms with E-state index in [1.54, 1.807) is 33.9 Å². The fraction of sp³-hybridized carbons (Fsp3) is 0.333. The van der Waals surface area contributed by atoms with Gasteiger partial charge in [-0.15, -0.1) is 0 Å². The molecule has 0 saturated heterocycles. The zero-order chi connectivity index (χ0) is 19.2. The molecule has 0 aliphatic rings. The Kier molecular flexibility index (Phi) is 6.39. The van der Waals surface area contributed by atoms with Crippen molar-refractivity contribution in [1.29, 1.82) is 0 Å². The van der Waals surface area contributed by atoms with Crippen molar-refractivity contribution in [2.24, 2.45) is 5.41 Å². The van der Waals surface area contributed by atoms with Crippen LogP contribution < -0.4 is 15.4 Å². The van der Waals surface area contributed by atoms with Crippen molar-refractivity contribution in [2.45, 2.75) is 27.2 Å². The smallest absolute Gasteiger partial charge is 0.243 e. The van der Waals surface area contributed by atoms with E-state index in [2.05, 4.69) is 10.6 Å². The van der Waals surface area contributed by atoms with Gasteiger partial charge in [-0.1, -0.05) is 51.1 Å². The van der Waals surface area contributed by atoms with E-state index < -0.39 is 5.41 Å². The second-order valence-electron chi connectivity index (χ2n) is 7.17. The number of carbonyl (C=O) groups is 2. The summed E-state index contributed by atoms with van der Waals surface area (Å²) in [4.78, 5) is 24.0. The molecular formula is C21H26N2O3. The Morgan fingerprint density at radius 1 is 1.04 bits per heavy atom. The summed E-state index contributed by atoms with van der Waals surface area (Å²) in [6.45, 7) is 5.36. The van der Waals surface area contributed by atoms with Crippen molar-refractivity contribution in [3.8, 4) is 5.75 Å². The first-order valence-electron chi connectivity index (χ1n) is 8.58. The van der Waals surface area contributed by atoms with E-state index in [9.17, 15) is 9.59 Å². The van der Waals surface area contributed by atoms with Gasteiger partial charge >= 0.3 is 0 Å². The summed E-state index contributed by atoms with van der Waals surface area (Å²) in [7, 11) is 1.63. The van der Waals surface area contributed by atoms with Crippen LogP contribution in [0.15, 0.2) is 48.5 Å². The SMILES string of the molecule is COc1ccc(NC(=O)CNC(=O)C(C)(C)C)cc1Cc1ccccc1.